The Hall–Kier alpha value is -4.58. The summed E-state index contributed by atoms with van der Waals surface area (Å²) in [5.74, 6) is -3.63. The van der Waals surface area contributed by atoms with Crippen LogP contribution in [0.3, 0.4) is 0 Å². The molecule has 1 aromatic carbocycles. The Morgan fingerprint density at radius 2 is 1.64 bits per heavy atom. The van der Waals surface area contributed by atoms with Gasteiger partial charge in [-0.15, -0.1) is 0 Å². The zero-order valence-corrected chi connectivity index (χ0v) is 41.3. The lowest BCUT2D eigenvalue weighted by atomic mass is 9.89. The second kappa shape index (κ2) is 25.5. The third kappa shape index (κ3) is 13.8. The summed E-state index contributed by atoms with van der Waals surface area (Å²) >= 11 is 0. The van der Waals surface area contributed by atoms with Gasteiger partial charge in [0.1, 0.15) is 12.1 Å². The Kier molecular flexibility index (Phi) is 20.9. The average molecular weight is 926 g/mol. The first-order valence-electron chi connectivity index (χ1n) is 24.0. The number of nitrogens with one attached hydrogen (secondary N) is 3. The molecule has 370 valence electrons. The number of amides is 5. The van der Waals surface area contributed by atoms with Crippen LogP contribution >= 0.6 is 0 Å². The summed E-state index contributed by atoms with van der Waals surface area (Å²) in [6.45, 7) is 15.1. The quantitative estimate of drug-likeness (QED) is 0.108. The number of carboxylic acids is 1. The van der Waals surface area contributed by atoms with E-state index < -0.39 is 54.3 Å². The summed E-state index contributed by atoms with van der Waals surface area (Å²) in [5, 5.41) is 17.5. The number of H-pyrrole nitrogens is 1. The topological polar surface area (TPSA) is 203 Å². The fraction of sp³-hybridized carbons (Fsp3) is 0.714. The number of para-hydroxylation sites is 1. The number of aliphatic carboxylic acids is 1. The molecule has 2 aromatic rings. The van der Waals surface area contributed by atoms with Crippen molar-refractivity contribution in [2.45, 2.75) is 149 Å². The molecule has 0 radical (unpaired) electrons. The molecule has 0 aliphatic carbocycles. The van der Waals surface area contributed by atoms with Gasteiger partial charge < -0.3 is 40.0 Å². The predicted molar refractivity (Wildman–Crippen MR) is 252 cm³/mol. The maximum Gasteiger partial charge on any atom is 0.303 e. The number of rotatable bonds is 25. The minimum Gasteiger partial charge on any atom is -0.481 e. The van der Waals surface area contributed by atoms with Gasteiger partial charge in [-0.2, -0.15) is 0 Å². The van der Waals surface area contributed by atoms with E-state index >= 15 is 0 Å². The van der Waals surface area contributed by atoms with Gasteiger partial charge in [0.2, 0.25) is 23.6 Å². The molecule has 9 atom stereocenters. The maximum atomic E-state index is 14.5. The number of hydrogen-bond acceptors (Lipinski definition) is 10. The van der Waals surface area contributed by atoms with E-state index in [0.717, 1.165) is 29.3 Å². The van der Waals surface area contributed by atoms with Crippen molar-refractivity contribution in [3.8, 4) is 0 Å². The van der Waals surface area contributed by atoms with E-state index in [9.17, 15) is 28.8 Å². The predicted octanol–water partition coefficient (Wildman–Crippen LogP) is 4.63. The van der Waals surface area contributed by atoms with E-state index in [1.54, 1.807) is 30.8 Å². The number of carbonyl (C=O) groups excluding carboxylic acids is 5. The van der Waals surface area contributed by atoms with E-state index in [1.165, 1.54) is 19.3 Å². The number of aromatic amines is 1. The number of carbonyl (C=O) groups is 6. The molecule has 4 N–H and O–H groups in total. The lowest BCUT2D eigenvalue weighted by molar-refractivity contribution is -0.199. The lowest BCUT2D eigenvalue weighted by Gasteiger charge is -2.41. The van der Waals surface area contributed by atoms with Crippen LogP contribution in [0.4, 0.5) is 0 Å². The number of benzene rings is 1. The smallest absolute Gasteiger partial charge is 0.303 e. The molecular formula is C49H79N7O10. The summed E-state index contributed by atoms with van der Waals surface area (Å²) in [4.78, 5) is 96.5. The number of likely N-dealkylation sites (tertiary alicyclic amines) is 1. The normalized spacial score (nSPS) is 19.3. The zero-order valence-electron chi connectivity index (χ0n) is 41.3. The Labute approximate surface area is 391 Å². The highest BCUT2D eigenvalue weighted by atomic mass is 16.7. The molecule has 8 unspecified atom stereocenters. The molecule has 5 amide bonds. The molecule has 17 nitrogen and oxygen atoms in total. The van der Waals surface area contributed by atoms with Crippen LogP contribution in [0.1, 0.15) is 105 Å². The van der Waals surface area contributed by atoms with Crippen molar-refractivity contribution in [2.24, 2.45) is 23.7 Å². The summed E-state index contributed by atoms with van der Waals surface area (Å²) in [6, 6.07) is 4.47. The summed E-state index contributed by atoms with van der Waals surface area (Å²) in [5.41, 5.74) is 1.82. The monoisotopic (exact) mass is 926 g/mol. The van der Waals surface area contributed by atoms with Crippen molar-refractivity contribution in [2.75, 3.05) is 54.6 Å². The first-order chi connectivity index (χ1) is 31.4. The Balaban J connectivity index is 1.50. The number of carboxylic acid groups (broad SMARTS) is 1. The Morgan fingerprint density at radius 3 is 2.24 bits per heavy atom. The van der Waals surface area contributed by atoms with Crippen LogP contribution in [-0.4, -0.2) is 162 Å². The molecule has 4 rings (SSSR count). The van der Waals surface area contributed by atoms with Crippen molar-refractivity contribution in [1.29, 1.82) is 0 Å². The minimum atomic E-state index is -0.909. The number of hydrogen-bond donors (Lipinski definition) is 4. The summed E-state index contributed by atoms with van der Waals surface area (Å²) < 4.78 is 12.1. The molecule has 0 spiro atoms. The number of methoxy groups -OCH3 is 2. The summed E-state index contributed by atoms with van der Waals surface area (Å²) in [7, 11) is 6.56. The second-order valence-corrected chi connectivity index (χ2v) is 19.1. The first kappa shape index (κ1) is 54.0. The molecule has 66 heavy (non-hydrogen) atoms. The van der Waals surface area contributed by atoms with Gasteiger partial charge in [0.05, 0.1) is 49.3 Å². The average Bonchev–Trinajstić information content (AvgIpc) is 3.95. The molecule has 3 heterocycles. The van der Waals surface area contributed by atoms with Crippen LogP contribution in [0.25, 0.3) is 10.9 Å². The van der Waals surface area contributed by atoms with E-state index in [4.69, 9.17) is 19.4 Å². The van der Waals surface area contributed by atoms with Crippen LogP contribution in [0, 0.1) is 23.7 Å². The molecule has 0 saturated carbocycles. The van der Waals surface area contributed by atoms with Crippen molar-refractivity contribution in [3.05, 3.63) is 36.0 Å². The number of hydroxylamine groups is 2. The molecule has 2 fully saturated rings. The molecule has 2 aliphatic heterocycles. The second-order valence-electron chi connectivity index (χ2n) is 19.1. The van der Waals surface area contributed by atoms with Gasteiger partial charge in [-0.05, 0) is 75.1 Å². The molecular weight excluding hydrogens is 847 g/mol. The van der Waals surface area contributed by atoms with Crippen molar-refractivity contribution in [1.82, 2.24) is 35.4 Å². The fourth-order valence-electron chi connectivity index (χ4n) is 9.88. The minimum absolute atomic E-state index is 0.0107. The van der Waals surface area contributed by atoms with Gasteiger partial charge in [0.15, 0.2) is 0 Å². The standard InChI is InChI=1S/C49H79N7O10/c1-12-32(6)44(54(9)49(63)42(30(2)3)52-47(61)43(31(4)5)53(8)23-18-22-41(58)59)39(64-10)28-40(57)55-24-17-21-38(55)45(65-11)33(7)46(60)51-37(48(62)56-25-15-16-26-66-56)27-34-29-50-36-20-14-13-19-35(34)36/h13-14,19-20,29-33,37-39,42-45,50H,12,15-18,21-28H2,1-11H3,(H,51,60)(H,52,61)(H,58,59)/t32?,33?,37?,38-,39?,42?,43?,44?,45?/m0/s1. The van der Waals surface area contributed by atoms with Crippen LogP contribution in [0.5, 0.6) is 0 Å². The highest BCUT2D eigenvalue weighted by Crippen LogP contribution is 2.30. The van der Waals surface area contributed by atoms with Crippen LogP contribution in [0.15, 0.2) is 30.5 Å². The largest absolute Gasteiger partial charge is 0.481 e. The number of nitrogens with zero attached hydrogens (tertiary/aromatic N) is 4. The van der Waals surface area contributed by atoms with Crippen molar-refractivity contribution < 1.29 is 48.2 Å². The van der Waals surface area contributed by atoms with Gasteiger partial charge in [-0.1, -0.05) is 73.1 Å². The lowest BCUT2D eigenvalue weighted by Crippen LogP contribution is -2.60. The molecule has 2 aliphatic rings. The first-order valence-corrected chi connectivity index (χ1v) is 24.0. The highest BCUT2D eigenvalue weighted by molar-refractivity contribution is 5.91. The van der Waals surface area contributed by atoms with Crippen LogP contribution < -0.4 is 10.6 Å². The van der Waals surface area contributed by atoms with Gasteiger partial charge >= 0.3 is 5.97 Å². The maximum absolute atomic E-state index is 14.5. The van der Waals surface area contributed by atoms with Crippen molar-refractivity contribution >= 4 is 46.4 Å². The third-order valence-electron chi connectivity index (χ3n) is 13.7. The van der Waals surface area contributed by atoms with Gasteiger partial charge in [0, 0.05) is 64.3 Å². The van der Waals surface area contributed by atoms with Gasteiger partial charge in [-0.3, -0.25) is 38.5 Å². The van der Waals surface area contributed by atoms with Crippen molar-refractivity contribution in [3.63, 3.8) is 0 Å². The SMILES string of the molecule is CCC(C)C(C(CC(=O)N1CCC[C@H]1C(OC)C(C)C(=O)NC(Cc1c[nH]c2ccccc12)C(=O)N1CCCCO1)OC)N(C)C(=O)C(NC(=O)C(C(C)C)N(C)CCCC(=O)O)C(C)C. The molecule has 17 heteroatoms. The number of fused-ring (bicyclic) bond motifs is 1. The summed E-state index contributed by atoms with van der Waals surface area (Å²) in [6.07, 6.45) is 4.69. The number of likely N-dealkylation sites (N-methyl/N-ethyl adjacent to an activating group) is 2. The highest BCUT2D eigenvalue weighted by Gasteiger charge is 2.44. The van der Waals surface area contributed by atoms with Gasteiger partial charge in [-0.25, -0.2) is 5.06 Å². The molecule has 2 saturated heterocycles. The fourth-order valence-corrected chi connectivity index (χ4v) is 9.88. The van der Waals surface area contributed by atoms with E-state index in [-0.39, 0.29) is 66.6 Å². The van der Waals surface area contributed by atoms with E-state index in [2.05, 4.69) is 15.6 Å². The number of aromatic nitrogens is 1. The molecule has 1 aromatic heterocycles. The van der Waals surface area contributed by atoms with E-state index in [1.807, 2.05) is 76.9 Å². The zero-order chi connectivity index (χ0) is 48.8. The van der Waals surface area contributed by atoms with Crippen LogP contribution in [-0.2, 0) is 49.5 Å². The van der Waals surface area contributed by atoms with E-state index in [0.29, 0.717) is 51.9 Å². The molecule has 0 bridgehead atoms. The number of ether oxygens (including phenoxy) is 2. The van der Waals surface area contributed by atoms with Gasteiger partial charge in [0.25, 0.3) is 5.91 Å². The third-order valence-corrected chi connectivity index (χ3v) is 13.7. The van der Waals surface area contributed by atoms with Crippen LogP contribution in [0.2, 0.25) is 0 Å². The Bertz CT molecular complexity index is 1920. The Morgan fingerprint density at radius 1 is 0.924 bits per heavy atom.